The van der Waals surface area contributed by atoms with E-state index in [9.17, 15) is 19.2 Å². The highest BCUT2D eigenvalue weighted by Crippen LogP contribution is 2.08. The molecule has 0 aliphatic carbocycles. The maximum Gasteiger partial charge on any atom is 0.329 e. The van der Waals surface area contributed by atoms with Crippen LogP contribution in [0.3, 0.4) is 0 Å². The fraction of sp³-hybridized carbons (Fsp3) is 0.263. The minimum Gasteiger partial charge on any atom is -0.459 e. The van der Waals surface area contributed by atoms with Gasteiger partial charge in [-0.3, -0.25) is 14.5 Å². The Labute approximate surface area is 160 Å². The SMILES string of the molecule is O=C(N[C@@H](Cc1ccccc1)C(=O)OCC(=O)N1CCNC1=O)c1ccco1. The Kier molecular flexibility index (Phi) is 6.05. The van der Waals surface area contributed by atoms with Crippen LogP contribution in [0.4, 0.5) is 4.79 Å². The average molecular weight is 385 g/mol. The summed E-state index contributed by atoms with van der Waals surface area (Å²) in [6.07, 6.45) is 1.52. The van der Waals surface area contributed by atoms with Crippen molar-refractivity contribution in [2.75, 3.05) is 19.7 Å². The second-order valence-electron chi connectivity index (χ2n) is 6.08. The zero-order valence-electron chi connectivity index (χ0n) is 14.9. The maximum atomic E-state index is 12.5. The number of carbonyl (C=O) groups excluding carboxylic acids is 4. The van der Waals surface area contributed by atoms with Crippen molar-refractivity contribution in [2.24, 2.45) is 0 Å². The van der Waals surface area contributed by atoms with Crippen molar-refractivity contribution >= 4 is 23.8 Å². The predicted molar refractivity (Wildman–Crippen MR) is 96.2 cm³/mol. The first kappa shape index (κ1) is 19.2. The van der Waals surface area contributed by atoms with Crippen molar-refractivity contribution in [1.82, 2.24) is 15.5 Å². The second-order valence-corrected chi connectivity index (χ2v) is 6.08. The second kappa shape index (κ2) is 8.85. The average Bonchev–Trinajstić information content (AvgIpc) is 3.38. The minimum absolute atomic E-state index is 0.0516. The molecule has 1 aromatic carbocycles. The third kappa shape index (κ3) is 4.76. The molecule has 0 radical (unpaired) electrons. The molecule has 2 N–H and O–H groups in total. The Bertz CT molecular complexity index is 850. The standard InChI is InChI=1S/C19H19N3O6/c23-16(22-9-8-20-19(22)26)12-28-18(25)14(11-13-5-2-1-3-6-13)21-17(24)15-7-4-10-27-15/h1-7,10,14H,8-9,11-12H2,(H,20,26)(H,21,24)/t14-/m0/s1. The van der Waals surface area contributed by atoms with Crippen molar-refractivity contribution in [3.05, 3.63) is 60.1 Å². The van der Waals surface area contributed by atoms with E-state index < -0.39 is 36.5 Å². The Morgan fingerprint density at radius 3 is 2.61 bits per heavy atom. The molecule has 1 aliphatic rings. The fourth-order valence-corrected chi connectivity index (χ4v) is 2.70. The van der Waals surface area contributed by atoms with E-state index in [4.69, 9.17) is 9.15 Å². The molecule has 4 amide bonds. The van der Waals surface area contributed by atoms with E-state index in [0.29, 0.717) is 6.54 Å². The molecule has 0 unspecified atom stereocenters. The number of benzene rings is 1. The number of imide groups is 1. The molecule has 146 valence electrons. The topological polar surface area (TPSA) is 118 Å². The van der Waals surface area contributed by atoms with Crippen LogP contribution < -0.4 is 10.6 Å². The van der Waals surface area contributed by atoms with Crippen LogP contribution in [-0.4, -0.2) is 54.5 Å². The van der Waals surface area contributed by atoms with Gasteiger partial charge < -0.3 is 19.8 Å². The molecule has 0 bridgehead atoms. The monoisotopic (exact) mass is 385 g/mol. The van der Waals surface area contributed by atoms with Gasteiger partial charge in [0.25, 0.3) is 11.8 Å². The van der Waals surface area contributed by atoms with E-state index in [0.717, 1.165) is 10.5 Å². The molecular weight excluding hydrogens is 366 g/mol. The van der Waals surface area contributed by atoms with Gasteiger partial charge in [-0.15, -0.1) is 0 Å². The third-order valence-corrected chi connectivity index (χ3v) is 4.11. The number of carbonyl (C=O) groups is 4. The maximum absolute atomic E-state index is 12.5. The highest BCUT2D eigenvalue weighted by atomic mass is 16.5. The summed E-state index contributed by atoms with van der Waals surface area (Å²) in [5.74, 6) is -1.93. The normalized spacial score (nSPS) is 14.3. The minimum atomic E-state index is -1.03. The van der Waals surface area contributed by atoms with Gasteiger partial charge in [-0.05, 0) is 17.7 Å². The Hall–Kier alpha value is -3.62. The number of rotatable bonds is 7. The zero-order valence-corrected chi connectivity index (χ0v) is 14.9. The number of nitrogens with zero attached hydrogens (tertiary/aromatic N) is 1. The van der Waals surface area contributed by atoms with Crippen LogP contribution in [-0.2, 0) is 20.7 Å². The van der Waals surface area contributed by atoms with Crippen molar-refractivity contribution in [3.8, 4) is 0 Å². The van der Waals surface area contributed by atoms with E-state index in [1.807, 2.05) is 18.2 Å². The summed E-state index contributed by atoms with van der Waals surface area (Å²) >= 11 is 0. The van der Waals surface area contributed by atoms with Crippen LogP contribution in [0.5, 0.6) is 0 Å². The van der Waals surface area contributed by atoms with Crippen LogP contribution in [0.1, 0.15) is 16.1 Å². The fourth-order valence-electron chi connectivity index (χ4n) is 2.70. The van der Waals surface area contributed by atoms with Crippen LogP contribution in [0.15, 0.2) is 53.1 Å². The molecule has 2 aromatic rings. The lowest BCUT2D eigenvalue weighted by Gasteiger charge is -2.18. The van der Waals surface area contributed by atoms with E-state index >= 15 is 0 Å². The van der Waals surface area contributed by atoms with E-state index in [2.05, 4.69) is 10.6 Å². The molecule has 9 nitrogen and oxygen atoms in total. The van der Waals surface area contributed by atoms with Gasteiger partial charge in [-0.2, -0.15) is 0 Å². The van der Waals surface area contributed by atoms with Gasteiger partial charge in [0.1, 0.15) is 6.04 Å². The predicted octanol–water partition coefficient (Wildman–Crippen LogP) is 0.716. The number of esters is 1. The molecule has 0 spiro atoms. The number of urea groups is 1. The van der Waals surface area contributed by atoms with Gasteiger partial charge >= 0.3 is 12.0 Å². The molecule has 1 atom stereocenters. The summed E-state index contributed by atoms with van der Waals surface area (Å²) in [6, 6.07) is 10.5. The molecule has 1 aliphatic heterocycles. The summed E-state index contributed by atoms with van der Waals surface area (Å²) in [7, 11) is 0. The Morgan fingerprint density at radius 1 is 1.18 bits per heavy atom. The highest BCUT2D eigenvalue weighted by Gasteiger charge is 2.29. The summed E-state index contributed by atoms with van der Waals surface area (Å²) in [5, 5.41) is 5.05. The van der Waals surface area contributed by atoms with Crippen LogP contribution in [0.2, 0.25) is 0 Å². The quantitative estimate of drug-likeness (QED) is 0.678. The first-order valence-corrected chi connectivity index (χ1v) is 8.67. The first-order chi connectivity index (χ1) is 13.5. The third-order valence-electron chi connectivity index (χ3n) is 4.11. The number of ether oxygens (including phenoxy) is 1. The number of hydrogen-bond donors (Lipinski definition) is 2. The van der Waals surface area contributed by atoms with E-state index in [-0.39, 0.29) is 18.7 Å². The number of hydrogen-bond acceptors (Lipinski definition) is 6. The summed E-state index contributed by atoms with van der Waals surface area (Å²) in [5.41, 5.74) is 0.800. The lowest BCUT2D eigenvalue weighted by molar-refractivity contribution is -0.152. The highest BCUT2D eigenvalue weighted by molar-refractivity contribution is 5.98. The molecule has 1 aromatic heterocycles. The van der Waals surface area contributed by atoms with E-state index in [1.165, 1.54) is 12.3 Å². The largest absolute Gasteiger partial charge is 0.459 e. The van der Waals surface area contributed by atoms with Crippen molar-refractivity contribution in [1.29, 1.82) is 0 Å². The van der Waals surface area contributed by atoms with Crippen LogP contribution >= 0.6 is 0 Å². The zero-order chi connectivity index (χ0) is 19.9. The van der Waals surface area contributed by atoms with Gasteiger partial charge in [0.2, 0.25) is 0 Å². The molecule has 3 rings (SSSR count). The molecular formula is C19H19N3O6. The lowest BCUT2D eigenvalue weighted by atomic mass is 10.1. The first-order valence-electron chi connectivity index (χ1n) is 8.67. The Morgan fingerprint density at radius 2 is 1.96 bits per heavy atom. The number of nitrogens with one attached hydrogen (secondary N) is 2. The van der Waals surface area contributed by atoms with Gasteiger partial charge in [-0.1, -0.05) is 30.3 Å². The molecule has 28 heavy (non-hydrogen) atoms. The van der Waals surface area contributed by atoms with Gasteiger partial charge in [-0.25, -0.2) is 9.59 Å². The summed E-state index contributed by atoms with van der Waals surface area (Å²) < 4.78 is 10.1. The molecule has 0 saturated carbocycles. The van der Waals surface area contributed by atoms with Gasteiger partial charge in [0.15, 0.2) is 12.4 Å². The van der Waals surface area contributed by atoms with Crippen molar-refractivity contribution in [3.63, 3.8) is 0 Å². The van der Waals surface area contributed by atoms with Gasteiger partial charge in [0.05, 0.1) is 6.26 Å². The molecule has 1 fully saturated rings. The summed E-state index contributed by atoms with van der Waals surface area (Å²) in [4.78, 5) is 49.3. The van der Waals surface area contributed by atoms with Crippen LogP contribution in [0.25, 0.3) is 0 Å². The number of amides is 4. The van der Waals surface area contributed by atoms with Gasteiger partial charge in [0, 0.05) is 19.5 Å². The molecule has 9 heteroatoms. The summed E-state index contributed by atoms with van der Waals surface area (Å²) in [6.45, 7) is -0.0135. The van der Waals surface area contributed by atoms with Crippen molar-refractivity contribution in [2.45, 2.75) is 12.5 Å². The number of furan rings is 1. The molecule has 2 heterocycles. The Balaban J connectivity index is 1.64. The van der Waals surface area contributed by atoms with Crippen LogP contribution in [0, 0.1) is 0 Å². The lowest BCUT2D eigenvalue weighted by Crippen LogP contribution is -2.45. The van der Waals surface area contributed by atoms with E-state index in [1.54, 1.807) is 18.2 Å². The van der Waals surface area contributed by atoms with Crippen molar-refractivity contribution < 1.29 is 28.3 Å². The molecule has 1 saturated heterocycles. The smallest absolute Gasteiger partial charge is 0.329 e.